The van der Waals surface area contributed by atoms with E-state index in [0.717, 1.165) is 24.3 Å². The van der Waals surface area contributed by atoms with Gasteiger partial charge in [0.25, 0.3) is 0 Å². The van der Waals surface area contributed by atoms with Crippen LogP contribution in [0.4, 0.5) is 0 Å². The Morgan fingerprint density at radius 3 is 2.86 bits per heavy atom. The summed E-state index contributed by atoms with van der Waals surface area (Å²) < 4.78 is 0. The number of carbonyl (C=O) groups is 1. The quantitative estimate of drug-likeness (QED) is 0.837. The third-order valence-corrected chi connectivity index (χ3v) is 6.15. The number of nitrogens with one attached hydrogen (secondary N) is 2. The van der Waals surface area contributed by atoms with Crippen LogP contribution in [0, 0.1) is 11.8 Å². The van der Waals surface area contributed by atoms with Gasteiger partial charge in [-0.3, -0.25) is 10.1 Å². The zero-order chi connectivity index (χ0) is 14.4. The molecule has 0 radical (unpaired) electrons. The van der Waals surface area contributed by atoms with E-state index in [9.17, 15) is 4.79 Å². The molecule has 4 rings (SSSR count). The van der Waals surface area contributed by atoms with Crippen LogP contribution >= 0.6 is 11.8 Å². The highest BCUT2D eigenvalue weighted by Crippen LogP contribution is 2.50. The predicted octanol–water partition coefficient (Wildman–Crippen LogP) is 3.17. The molecule has 1 aromatic rings. The van der Waals surface area contributed by atoms with Gasteiger partial charge < -0.3 is 5.32 Å². The van der Waals surface area contributed by atoms with Gasteiger partial charge in [-0.1, -0.05) is 37.3 Å². The summed E-state index contributed by atoms with van der Waals surface area (Å²) in [7, 11) is 0. The molecule has 4 heteroatoms. The third kappa shape index (κ3) is 2.30. The van der Waals surface area contributed by atoms with Gasteiger partial charge in [0.2, 0.25) is 5.91 Å². The smallest absolute Gasteiger partial charge is 0.231 e. The largest absolute Gasteiger partial charge is 0.336 e. The minimum Gasteiger partial charge on any atom is -0.336 e. The van der Waals surface area contributed by atoms with Crippen LogP contribution in [0.2, 0.25) is 0 Å². The molecule has 1 saturated heterocycles. The second-order valence-corrected chi connectivity index (χ2v) is 7.57. The highest BCUT2D eigenvalue weighted by Gasteiger charge is 2.45. The summed E-state index contributed by atoms with van der Waals surface area (Å²) in [5.41, 5.74) is 2.53. The Kier molecular flexibility index (Phi) is 3.31. The molecule has 3 nitrogen and oxygen atoms in total. The summed E-state index contributed by atoms with van der Waals surface area (Å²) >= 11 is 1.89. The van der Waals surface area contributed by atoms with E-state index in [0.29, 0.717) is 0 Å². The van der Waals surface area contributed by atoms with E-state index < -0.39 is 0 Å². The molecule has 2 N–H and O–H groups in total. The summed E-state index contributed by atoms with van der Waals surface area (Å²) in [6.07, 6.45) is 3.40. The van der Waals surface area contributed by atoms with E-state index in [1.54, 1.807) is 0 Å². The number of fused-ring (bicyclic) bond motifs is 2. The normalized spacial score (nSPS) is 35.2. The first-order valence-corrected chi connectivity index (χ1v) is 8.60. The van der Waals surface area contributed by atoms with E-state index >= 15 is 0 Å². The molecule has 3 aliphatic rings. The second kappa shape index (κ2) is 5.18. The van der Waals surface area contributed by atoms with Crippen LogP contribution in [0.3, 0.4) is 0 Å². The zero-order valence-electron chi connectivity index (χ0n) is 12.1. The Balaban J connectivity index is 1.58. The first-order chi connectivity index (χ1) is 10.2. The maximum atomic E-state index is 12.6. The number of thioether (sulfide) groups is 1. The van der Waals surface area contributed by atoms with E-state index in [2.05, 4.69) is 29.7 Å². The Bertz CT molecular complexity index is 598. The van der Waals surface area contributed by atoms with Gasteiger partial charge in [0, 0.05) is 0 Å². The molecule has 0 bridgehead atoms. The molecule has 0 aromatic heterocycles. The van der Waals surface area contributed by atoms with Gasteiger partial charge in [0.15, 0.2) is 0 Å². The second-order valence-electron chi connectivity index (χ2n) is 6.33. The van der Waals surface area contributed by atoms with Crippen LogP contribution in [-0.4, -0.2) is 11.3 Å². The van der Waals surface area contributed by atoms with E-state index in [4.69, 9.17) is 0 Å². The summed E-state index contributed by atoms with van der Waals surface area (Å²) in [5, 5.41) is 6.98. The SMILES string of the molecule is C[C@@H]1CCC2=C(C1)S[C@@H]1N[C@H](c3ccccc3)NC(=O)[C@@H]21. The van der Waals surface area contributed by atoms with Gasteiger partial charge in [0.05, 0.1) is 11.3 Å². The van der Waals surface area contributed by atoms with Gasteiger partial charge in [0.1, 0.15) is 6.17 Å². The average molecular weight is 300 g/mol. The molecule has 0 unspecified atom stereocenters. The topological polar surface area (TPSA) is 41.1 Å². The van der Waals surface area contributed by atoms with Crippen LogP contribution in [0.15, 0.2) is 40.8 Å². The highest BCUT2D eigenvalue weighted by molar-refractivity contribution is 8.04. The lowest BCUT2D eigenvalue weighted by molar-refractivity contribution is -0.127. The van der Waals surface area contributed by atoms with Crippen LogP contribution in [-0.2, 0) is 4.79 Å². The minimum absolute atomic E-state index is 0.0393. The van der Waals surface area contributed by atoms with Crippen LogP contribution in [0.1, 0.15) is 37.9 Å². The van der Waals surface area contributed by atoms with Crippen molar-refractivity contribution in [1.82, 2.24) is 10.6 Å². The highest BCUT2D eigenvalue weighted by atomic mass is 32.2. The monoisotopic (exact) mass is 300 g/mol. The number of hydrogen-bond acceptors (Lipinski definition) is 3. The van der Waals surface area contributed by atoms with Crippen molar-refractivity contribution in [3.05, 3.63) is 46.4 Å². The lowest BCUT2D eigenvalue weighted by Crippen LogP contribution is -2.54. The minimum atomic E-state index is -0.0637. The first kappa shape index (κ1) is 13.4. The Hall–Kier alpha value is -1.26. The molecule has 2 aliphatic heterocycles. The molecule has 110 valence electrons. The number of hydrogen-bond donors (Lipinski definition) is 2. The number of rotatable bonds is 1. The van der Waals surface area contributed by atoms with Crippen molar-refractivity contribution >= 4 is 17.7 Å². The number of benzene rings is 1. The van der Waals surface area contributed by atoms with E-state index in [1.807, 2.05) is 30.0 Å². The van der Waals surface area contributed by atoms with Crippen molar-refractivity contribution in [2.75, 3.05) is 0 Å². The lowest BCUT2D eigenvalue weighted by Gasteiger charge is -2.34. The fraction of sp³-hybridized carbons (Fsp3) is 0.471. The molecule has 1 aromatic carbocycles. The standard InChI is InChI=1S/C17H20N2OS/c1-10-7-8-12-13(9-10)21-17-14(12)16(20)18-15(19-17)11-5-3-2-4-6-11/h2-6,10,14-15,17,19H,7-9H2,1H3,(H,18,20)/t10-,14-,15-,17+/m1/s1. The Labute approximate surface area is 129 Å². The first-order valence-electron chi connectivity index (χ1n) is 7.72. The molecule has 1 amide bonds. The van der Waals surface area contributed by atoms with Crippen LogP contribution in [0.25, 0.3) is 0 Å². The van der Waals surface area contributed by atoms with Gasteiger partial charge in [-0.05, 0) is 41.2 Å². The van der Waals surface area contributed by atoms with Crippen molar-refractivity contribution in [3.8, 4) is 0 Å². The van der Waals surface area contributed by atoms with Crippen molar-refractivity contribution in [2.45, 2.75) is 37.7 Å². The maximum absolute atomic E-state index is 12.6. The van der Waals surface area contributed by atoms with E-state index in [-0.39, 0.29) is 23.4 Å². The van der Waals surface area contributed by atoms with Gasteiger partial charge in [-0.25, -0.2) is 0 Å². The predicted molar refractivity (Wildman–Crippen MR) is 85.4 cm³/mol. The van der Waals surface area contributed by atoms with Gasteiger partial charge in [-0.15, -0.1) is 11.8 Å². The lowest BCUT2D eigenvalue weighted by atomic mass is 9.83. The van der Waals surface area contributed by atoms with Crippen molar-refractivity contribution in [1.29, 1.82) is 0 Å². The van der Waals surface area contributed by atoms with Crippen LogP contribution < -0.4 is 10.6 Å². The Morgan fingerprint density at radius 2 is 2.05 bits per heavy atom. The molecule has 1 fully saturated rings. The summed E-state index contributed by atoms with van der Waals surface area (Å²) in [5.74, 6) is 0.988. The molecule has 0 saturated carbocycles. The van der Waals surface area contributed by atoms with Crippen molar-refractivity contribution < 1.29 is 4.79 Å². The fourth-order valence-electron chi connectivity index (χ4n) is 3.64. The van der Waals surface area contributed by atoms with Gasteiger partial charge >= 0.3 is 0 Å². The third-order valence-electron chi connectivity index (χ3n) is 4.78. The zero-order valence-corrected chi connectivity index (χ0v) is 13.0. The van der Waals surface area contributed by atoms with Crippen LogP contribution in [0.5, 0.6) is 0 Å². The molecule has 1 aliphatic carbocycles. The van der Waals surface area contributed by atoms with Gasteiger partial charge in [-0.2, -0.15) is 0 Å². The summed E-state index contributed by atoms with van der Waals surface area (Å²) in [4.78, 5) is 14.1. The number of amides is 1. The Morgan fingerprint density at radius 1 is 1.24 bits per heavy atom. The van der Waals surface area contributed by atoms with Crippen molar-refractivity contribution in [2.24, 2.45) is 11.8 Å². The summed E-state index contributed by atoms with van der Waals surface area (Å²) in [6.45, 7) is 2.31. The summed E-state index contributed by atoms with van der Waals surface area (Å²) in [6, 6.07) is 10.2. The molecule has 21 heavy (non-hydrogen) atoms. The number of allylic oxidation sites excluding steroid dienone is 1. The molecular weight excluding hydrogens is 280 g/mol. The van der Waals surface area contributed by atoms with E-state index in [1.165, 1.54) is 16.9 Å². The average Bonchev–Trinajstić information content (AvgIpc) is 2.85. The molecule has 2 heterocycles. The molecule has 0 spiro atoms. The molecule has 4 atom stereocenters. The fourth-order valence-corrected chi connectivity index (χ4v) is 5.33. The van der Waals surface area contributed by atoms with Crippen molar-refractivity contribution in [3.63, 3.8) is 0 Å². The maximum Gasteiger partial charge on any atom is 0.231 e. The number of carbonyl (C=O) groups excluding carboxylic acids is 1. The molecular formula is C17H20N2OS.